The van der Waals surface area contributed by atoms with Crippen molar-refractivity contribution < 1.29 is 9.90 Å². The van der Waals surface area contributed by atoms with E-state index in [2.05, 4.69) is 17.6 Å². The summed E-state index contributed by atoms with van der Waals surface area (Å²) in [6.07, 6.45) is 3.48. The Morgan fingerprint density at radius 3 is 2.85 bits per heavy atom. The van der Waals surface area contributed by atoms with Gasteiger partial charge in [0.2, 0.25) is 0 Å². The minimum absolute atomic E-state index is 0.117. The summed E-state index contributed by atoms with van der Waals surface area (Å²) in [5, 5.41) is 15.7. The highest BCUT2D eigenvalue weighted by Gasteiger charge is 2.36. The molecule has 4 nitrogen and oxygen atoms in total. The molecule has 1 aliphatic carbocycles. The Labute approximate surface area is 120 Å². The van der Waals surface area contributed by atoms with Crippen LogP contribution >= 0.6 is 0 Å². The van der Waals surface area contributed by atoms with Gasteiger partial charge in [0.05, 0.1) is 6.10 Å². The molecule has 1 aliphatic rings. The van der Waals surface area contributed by atoms with E-state index in [1.165, 1.54) is 12.8 Å². The lowest BCUT2D eigenvalue weighted by molar-refractivity contribution is 0.167. The van der Waals surface area contributed by atoms with Gasteiger partial charge in [0, 0.05) is 12.6 Å². The SMILES string of the molecule is CCCC1CC1NC(=O)NCCC(O)c1ccccc1. The van der Waals surface area contributed by atoms with Gasteiger partial charge in [0.25, 0.3) is 0 Å². The van der Waals surface area contributed by atoms with E-state index in [9.17, 15) is 9.90 Å². The highest BCUT2D eigenvalue weighted by Crippen LogP contribution is 2.34. The number of carbonyl (C=O) groups is 1. The van der Waals surface area contributed by atoms with Crippen molar-refractivity contribution in [3.05, 3.63) is 35.9 Å². The summed E-state index contributed by atoms with van der Waals surface area (Å²) in [6.45, 7) is 2.65. The van der Waals surface area contributed by atoms with Crippen molar-refractivity contribution in [2.75, 3.05) is 6.54 Å². The van der Waals surface area contributed by atoms with Gasteiger partial charge < -0.3 is 15.7 Å². The molecular formula is C16H24N2O2. The maximum atomic E-state index is 11.7. The molecule has 0 aromatic heterocycles. The largest absolute Gasteiger partial charge is 0.388 e. The molecule has 20 heavy (non-hydrogen) atoms. The van der Waals surface area contributed by atoms with Crippen molar-refractivity contribution in [2.45, 2.75) is 44.8 Å². The van der Waals surface area contributed by atoms with Gasteiger partial charge >= 0.3 is 6.03 Å². The predicted molar refractivity (Wildman–Crippen MR) is 79.4 cm³/mol. The van der Waals surface area contributed by atoms with Gasteiger partial charge in [-0.2, -0.15) is 0 Å². The van der Waals surface area contributed by atoms with Crippen LogP contribution in [0.25, 0.3) is 0 Å². The van der Waals surface area contributed by atoms with Gasteiger partial charge in [-0.3, -0.25) is 0 Å². The quantitative estimate of drug-likeness (QED) is 0.717. The van der Waals surface area contributed by atoms with Crippen molar-refractivity contribution >= 4 is 6.03 Å². The number of hydrogen-bond donors (Lipinski definition) is 3. The summed E-state index contributed by atoms with van der Waals surface area (Å²) in [4.78, 5) is 11.7. The Hall–Kier alpha value is -1.55. The molecule has 0 saturated heterocycles. The molecule has 0 bridgehead atoms. The van der Waals surface area contributed by atoms with Crippen molar-refractivity contribution in [1.82, 2.24) is 10.6 Å². The highest BCUT2D eigenvalue weighted by molar-refractivity contribution is 5.74. The van der Waals surface area contributed by atoms with Crippen LogP contribution in [-0.4, -0.2) is 23.7 Å². The van der Waals surface area contributed by atoms with Crippen molar-refractivity contribution in [2.24, 2.45) is 5.92 Å². The summed E-state index contributed by atoms with van der Waals surface area (Å²) < 4.78 is 0. The normalized spacial score (nSPS) is 22.1. The number of urea groups is 1. The van der Waals surface area contributed by atoms with E-state index in [1.54, 1.807) is 0 Å². The zero-order valence-electron chi connectivity index (χ0n) is 12.0. The average molecular weight is 276 g/mol. The van der Waals surface area contributed by atoms with Crippen LogP contribution < -0.4 is 10.6 Å². The van der Waals surface area contributed by atoms with Crippen LogP contribution in [0.2, 0.25) is 0 Å². The highest BCUT2D eigenvalue weighted by atomic mass is 16.3. The monoisotopic (exact) mass is 276 g/mol. The van der Waals surface area contributed by atoms with E-state index in [4.69, 9.17) is 0 Å². The van der Waals surface area contributed by atoms with Crippen LogP contribution in [0.1, 0.15) is 44.3 Å². The summed E-state index contributed by atoms with van der Waals surface area (Å²) in [7, 11) is 0. The van der Waals surface area contributed by atoms with Gasteiger partial charge in [-0.1, -0.05) is 43.7 Å². The maximum Gasteiger partial charge on any atom is 0.315 e. The van der Waals surface area contributed by atoms with Gasteiger partial charge in [-0.15, -0.1) is 0 Å². The van der Waals surface area contributed by atoms with Crippen molar-refractivity contribution in [1.29, 1.82) is 0 Å². The average Bonchev–Trinajstić information content (AvgIpc) is 3.18. The smallest absolute Gasteiger partial charge is 0.315 e. The van der Waals surface area contributed by atoms with E-state index in [-0.39, 0.29) is 6.03 Å². The van der Waals surface area contributed by atoms with Crippen LogP contribution in [0.3, 0.4) is 0 Å². The molecule has 0 spiro atoms. The Morgan fingerprint density at radius 2 is 2.15 bits per heavy atom. The summed E-state index contributed by atoms with van der Waals surface area (Å²) in [6, 6.07) is 9.75. The number of nitrogens with one attached hydrogen (secondary N) is 2. The molecule has 1 aromatic rings. The third kappa shape index (κ3) is 4.53. The van der Waals surface area contributed by atoms with Gasteiger partial charge in [-0.05, 0) is 30.7 Å². The second kappa shape index (κ2) is 7.29. The lowest BCUT2D eigenvalue weighted by atomic mass is 10.1. The van der Waals surface area contributed by atoms with Gasteiger partial charge in [0.15, 0.2) is 0 Å². The second-order valence-corrected chi connectivity index (χ2v) is 5.51. The van der Waals surface area contributed by atoms with E-state index >= 15 is 0 Å². The fraction of sp³-hybridized carbons (Fsp3) is 0.562. The molecule has 1 saturated carbocycles. The maximum absolute atomic E-state index is 11.7. The molecule has 0 radical (unpaired) electrons. The fourth-order valence-corrected chi connectivity index (χ4v) is 2.50. The molecule has 4 heteroatoms. The lowest BCUT2D eigenvalue weighted by Gasteiger charge is -2.12. The van der Waals surface area contributed by atoms with E-state index in [0.29, 0.717) is 24.9 Å². The number of carbonyl (C=O) groups excluding carboxylic acids is 1. The van der Waals surface area contributed by atoms with Crippen LogP contribution in [0.4, 0.5) is 4.79 Å². The molecular weight excluding hydrogens is 252 g/mol. The zero-order chi connectivity index (χ0) is 14.4. The van der Waals surface area contributed by atoms with Crippen LogP contribution in [-0.2, 0) is 0 Å². The molecule has 0 aliphatic heterocycles. The zero-order valence-corrected chi connectivity index (χ0v) is 12.0. The topological polar surface area (TPSA) is 61.4 Å². The molecule has 0 heterocycles. The summed E-state index contributed by atoms with van der Waals surface area (Å²) in [5.41, 5.74) is 0.889. The van der Waals surface area contributed by atoms with Crippen molar-refractivity contribution in [3.8, 4) is 0 Å². The minimum atomic E-state index is -0.523. The first-order valence-electron chi connectivity index (χ1n) is 7.48. The first-order chi connectivity index (χ1) is 9.70. The number of amides is 2. The third-order valence-electron chi connectivity index (χ3n) is 3.79. The molecule has 3 unspecified atom stereocenters. The van der Waals surface area contributed by atoms with E-state index in [1.807, 2.05) is 30.3 Å². The number of rotatable bonds is 7. The third-order valence-corrected chi connectivity index (χ3v) is 3.79. The molecule has 3 N–H and O–H groups in total. The van der Waals surface area contributed by atoms with E-state index in [0.717, 1.165) is 12.0 Å². The lowest BCUT2D eigenvalue weighted by Crippen LogP contribution is -2.38. The second-order valence-electron chi connectivity index (χ2n) is 5.51. The Bertz CT molecular complexity index is 422. The summed E-state index contributed by atoms with van der Waals surface area (Å²) in [5.74, 6) is 0.667. The molecule has 2 amide bonds. The number of aliphatic hydroxyl groups is 1. The van der Waals surface area contributed by atoms with Crippen molar-refractivity contribution in [3.63, 3.8) is 0 Å². The number of aliphatic hydroxyl groups excluding tert-OH is 1. The predicted octanol–water partition coefficient (Wildman–Crippen LogP) is 2.60. The first kappa shape index (κ1) is 14.9. The molecule has 1 aromatic carbocycles. The molecule has 1 fully saturated rings. The van der Waals surface area contributed by atoms with Gasteiger partial charge in [0.1, 0.15) is 0 Å². The molecule has 2 rings (SSSR count). The Balaban J connectivity index is 1.60. The standard InChI is InChI=1S/C16H24N2O2/c1-2-6-13-11-14(13)18-16(20)17-10-9-15(19)12-7-4-3-5-8-12/h3-5,7-8,13-15,19H,2,6,9-11H2,1H3,(H2,17,18,20). The fourth-order valence-electron chi connectivity index (χ4n) is 2.50. The van der Waals surface area contributed by atoms with Crippen LogP contribution in [0.5, 0.6) is 0 Å². The Kier molecular flexibility index (Phi) is 5.41. The van der Waals surface area contributed by atoms with E-state index < -0.39 is 6.10 Å². The van der Waals surface area contributed by atoms with Crippen LogP contribution in [0.15, 0.2) is 30.3 Å². The first-order valence-corrected chi connectivity index (χ1v) is 7.48. The molecule has 3 atom stereocenters. The minimum Gasteiger partial charge on any atom is -0.388 e. The Morgan fingerprint density at radius 1 is 1.40 bits per heavy atom. The van der Waals surface area contributed by atoms with Crippen LogP contribution in [0, 0.1) is 5.92 Å². The van der Waals surface area contributed by atoms with Gasteiger partial charge in [-0.25, -0.2) is 4.79 Å². The molecule has 110 valence electrons. The number of hydrogen-bond acceptors (Lipinski definition) is 2. The number of benzene rings is 1. The summed E-state index contributed by atoms with van der Waals surface area (Å²) >= 11 is 0.